The molecule has 0 saturated carbocycles. The second-order valence-electron chi connectivity index (χ2n) is 5.48. The molecule has 0 spiro atoms. The van der Waals surface area contributed by atoms with Crippen molar-refractivity contribution in [2.75, 3.05) is 7.11 Å². The Balaban J connectivity index is 2.02. The molecule has 0 aliphatic carbocycles. The van der Waals surface area contributed by atoms with Gasteiger partial charge in [0.15, 0.2) is 0 Å². The number of hydrogen-bond acceptors (Lipinski definition) is 4. The Labute approximate surface area is 127 Å². The van der Waals surface area contributed by atoms with Gasteiger partial charge in [0.25, 0.3) is 0 Å². The van der Waals surface area contributed by atoms with E-state index in [1.807, 2.05) is 31.2 Å². The number of carbonyl (C=O) groups is 1. The maximum atomic E-state index is 11.4. The van der Waals surface area contributed by atoms with Gasteiger partial charge in [-0.2, -0.15) is 0 Å². The minimum Gasteiger partial charge on any atom is -0.507 e. The van der Waals surface area contributed by atoms with Gasteiger partial charge < -0.3 is 19.7 Å². The van der Waals surface area contributed by atoms with Crippen LogP contribution in [0.15, 0.2) is 36.4 Å². The topological polar surface area (TPSA) is 76.0 Å². The molecule has 1 unspecified atom stereocenters. The Bertz CT molecular complexity index is 735. The summed E-state index contributed by atoms with van der Waals surface area (Å²) < 4.78 is 11.1. The third-order valence-corrected chi connectivity index (χ3v) is 4.01. The summed E-state index contributed by atoms with van der Waals surface area (Å²) >= 11 is 0. The number of rotatable bonds is 3. The van der Waals surface area contributed by atoms with Crippen molar-refractivity contribution in [3.8, 4) is 17.2 Å². The van der Waals surface area contributed by atoms with Crippen LogP contribution in [0.1, 0.15) is 28.4 Å². The van der Waals surface area contributed by atoms with E-state index in [1.54, 1.807) is 13.2 Å². The summed E-state index contributed by atoms with van der Waals surface area (Å²) in [7, 11) is 1.60. The van der Waals surface area contributed by atoms with Crippen LogP contribution >= 0.6 is 0 Å². The zero-order chi connectivity index (χ0) is 15.9. The van der Waals surface area contributed by atoms with Gasteiger partial charge in [0, 0.05) is 12.0 Å². The molecule has 114 valence electrons. The molecule has 2 N–H and O–H groups in total. The van der Waals surface area contributed by atoms with Crippen LogP contribution in [0.3, 0.4) is 0 Å². The highest BCUT2D eigenvalue weighted by molar-refractivity contribution is 5.93. The fourth-order valence-electron chi connectivity index (χ4n) is 2.85. The number of methoxy groups -OCH3 is 1. The average Bonchev–Trinajstić information content (AvgIpc) is 2.84. The molecule has 1 heterocycles. The lowest BCUT2D eigenvalue weighted by atomic mass is 9.89. The zero-order valence-corrected chi connectivity index (χ0v) is 12.3. The number of carboxylic acid groups (broad SMARTS) is 1. The van der Waals surface area contributed by atoms with Gasteiger partial charge >= 0.3 is 5.97 Å². The first kappa shape index (κ1) is 14.3. The molecule has 0 bridgehead atoms. The second-order valence-corrected chi connectivity index (χ2v) is 5.48. The highest BCUT2D eigenvalue weighted by atomic mass is 16.5. The standard InChI is InChI=1S/C17H16O5/c1-17(10-3-5-11(21-2)6-4-10)9-12-14(22-17)8-7-13(18)15(12)16(19)20/h3-8,18H,9H2,1-2H3,(H,19,20). The van der Waals surface area contributed by atoms with Crippen molar-refractivity contribution in [1.29, 1.82) is 0 Å². The van der Waals surface area contributed by atoms with E-state index in [1.165, 1.54) is 6.07 Å². The monoisotopic (exact) mass is 300 g/mol. The van der Waals surface area contributed by atoms with Gasteiger partial charge in [0.05, 0.1) is 7.11 Å². The Morgan fingerprint density at radius 3 is 2.50 bits per heavy atom. The molecule has 2 aromatic rings. The fraction of sp³-hybridized carbons (Fsp3) is 0.235. The lowest BCUT2D eigenvalue weighted by molar-refractivity contribution is 0.0692. The maximum absolute atomic E-state index is 11.4. The number of phenols is 1. The number of benzene rings is 2. The van der Waals surface area contributed by atoms with Crippen molar-refractivity contribution in [2.45, 2.75) is 18.9 Å². The molecule has 0 amide bonds. The number of fused-ring (bicyclic) bond motifs is 1. The summed E-state index contributed by atoms with van der Waals surface area (Å²) in [5.74, 6) is -0.161. The molecule has 0 aromatic heterocycles. The smallest absolute Gasteiger partial charge is 0.339 e. The minimum atomic E-state index is -1.16. The Morgan fingerprint density at radius 1 is 1.23 bits per heavy atom. The third kappa shape index (κ3) is 2.15. The van der Waals surface area contributed by atoms with E-state index in [2.05, 4.69) is 0 Å². The van der Waals surface area contributed by atoms with E-state index >= 15 is 0 Å². The predicted octanol–water partition coefficient (Wildman–Crippen LogP) is 2.95. The second kappa shape index (κ2) is 4.94. The molecule has 3 rings (SSSR count). The Morgan fingerprint density at radius 2 is 1.91 bits per heavy atom. The zero-order valence-electron chi connectivity index (χ0n) is 12.3. The Kier molecular flexibility index (Phi) is 3.20. The van der Waals surface area contributed by atoms with Gasteiger partial charge in [-0.25, -0.2) is 4.79 Å². The number of carboxylic acids is 1. The number of hydrogen-bond donors (Lipinski definition) is 2. The van der Waals surface area contributed by atoms with Crippen LogP contribution in [-0.2, 0) is 12.0 Å². The van der Waals surface area contributed by atoms with E-state index in [4.69, 9.17) is 9.47 Å². The molecule has 22 heavy (non-hydrogen) atoms. The van der Waals surface area contributed by atoms with Gasteiger partial charge in [0.2, 0.25) is 0 Å². The summed E-state index contributed by atoms with van der Waals surface area (Å²) in [6.07, 6.45) is 0.380. The van der Waals surface area contributed by atoms with Crippen LogP contribution in [0, 0.1) is 0 Å². The van der Waals surface area contributed by atoms with Crippen molar-refractivity contribution in [1.82, 2.24) is 0 Å². The van der Waals surface area contributed by atoms with Gasteiger partial charge in [-0.15, -0.1) is 0 Å². The molecule has 5 heteroatoms. The molecule has 1 aliphatic heterocycles. The van der Waals surface area contributed by atoms with Crippen molar-refractivity contribution < 1.29 is 24.5 Å². The van der Waals surface area contributed by atoms with Crippen LogP contribution in [0.25, 0.3) is 0 Å². The van der Waals surface area contributed by atoms with Crippen LogP contribution in [-0.4, -0.2) is 23.3 Å². The van der Waals surface area contributed by atoms with Crippen LogP contribution < -0.4 is 9.47 Å². The molecule has 1 atom stereocenters. The average molecular weight is 300 g/mol. The first-order valence-electron chi connectivity index (χ1n) is 6.86. The predicted molar refractivity (Wildman–Crippen MR) is 79.7 cm³/mol. The van der Waals surface area contributed by atoms with Crippen molar-refractivity contribution in [3.05, 3.63) is 53.1 Å². The first-order valence-corrected chi connectivity index (χ1v) is 6.86. The molecule has 0 radical (unpaired) electrons. The van der Waals surface area contributed by atoms with E-state index in [-0.39, 0.29) is 11.3 Å². The van der Waals surface area contributed by atoms with Crippen molar-refractivity contribution >= 4 is 5.97 Å². The van der Waals surface area contributed by atoms with Gasteiger partial charge in [-0.05, 0) is 36.8 Å². The summed E-state index contributed by atoms with van der Waals surface area (Å²) in [6.45, 7) is 1.90. The third-order valence-electron chi connectivity index (χ3n) is 4.01. The van der Waals surface area contributed by atoms with E-state index in [9.17, 15) is 15.0 Å². The van der Waals surface area contributed by atoms with Crippen LogP contribution in [0.4, 0.5) is 0 Å². The normalized spacial score (nSPS) is 19.4. The molecular formula is C17H16O5. The van der Waals surface area contributed by atoms with Crippen LogP contribution in [0.5, 0.6) is 17.2 Å². The van der Waals surface area contributed by atoms with Crippen molar-refractivity contribution in [2.24, 2.45) is 0 Å². The summed E-state index contributed by atoms with van der Waals surface area (Å²) in [4.78, 5) is 11.4. The van der Waals surface area contributed by atoms with Crippen molar-refractivity contribution in [3.63, 3.8) is 0 Å². The molecule has 0 saturated heterocycles. The minimum absolute atomic E-state index is 0.0882. The first-order chi connectivity index (χ1) is 10.4. The summed E-state index contributed by atoms with van der Waals surface area (Å²) in [6, 6.07) is 10.4. The molecular weight excluding hydrogens is 284 g/mol. The molecule has 1 aliphatic rings. The van der Waals surface area contributed by atoms with Gasteiger partial charge in [-0.1, -0.05) is 12.1 Å². The van der Waals surface area contributed by atoms with E-state index < -0.39 is 11.6 Å². The highest BCUT2D eigenvalue weighted by Gasteiger charge is 2.39. The number of aromatic hydroxyl groups is 1. The SMILES string of the molecule is COc1ccc(C2(C)Cc3c(ccc(O)c3C(=O)O)O2)cc1. The molecule has 5 nitrogen and oxygen atoms in total. The van der Waals surface area contributed by atoms with Crippen LogP contribution in [0.2, 0.25) is 0 Å². The van der Waals surface area contributed by atoms with E-state index in [0.717, 1.165) is 11.3 Å². The molecule has 0 fully saturated rings. The fourth-order valence-corrected chi connectivity index (χ4v) is 2.85. The maximum Gasteiger partial charge on any atom is 0.339 e. The lowest BCUT2D eigenvalue weighted by Gasteiger charge is -2.24. The van der Waals surface area contributed by atoms with Gasteiger partial charge in [-0.3, -0.25) is 0 Å². The number of aromatic carboxylic acids is 1. The molecule has 2 aromatic carbocycles. The van der Waals surface area contributed by atoms with Gasteiger partial charge in [0.1, 0.15) is 28.4 Å². The summed E-state index contributed by atoms with van der Waals surface area (Å²) in [5.41, 5.74) is 0.674. The summed E-state index contributed by atoms with van der Waals surface area (Å²) in [5, 5.41) is 19.1. The van der Waals surface area contributed by atoms with E-state index in [0.29, 0.717) is 17.7 Å². The number of ether oxygens (including phenoxy) is 2. The lowest BCUT2D eigenvalue weighted by Crippen LogP contribution is -2.27. The quantitative estimate of drug-likeness (QED) is 0.911. The Hall–Kier alpha value is -2.69. The largest absolute Gasteiger partial charge is 0.507 e. The highest BCUT2D eigenvalue weighted by Crippen LogP contribution is 2.45.